The lowest BCUT2D eigenvalue weighted by atomic mass is 10.4. The molecule has 0 spiro atoms. The van der Waals surface area contributed by atoms with Gasteiger partial charge < -0.3 is 15.5 Å². The van der Waals surface area contributed by atoms with Crippen molar-refractivity contribution >= 4 is 11.9 Å². The van der Waals surface area contributed by atoms with Crippen LogP contribution in [0, 0.1) is 0 Å². The van der Waals surface area contributed by atoms with Gasteiger partial charge in [-0.2, -0.15) is 0 Å². The summed E-state index contributed by atoms with van der Waals surface area (Å²) in [6, 6.07) is 1.09. The molecule has 0 fully saturated rings. The summed E-state index contributed by atoms with van der Waals surface area (Å²) in [5, 5.41) is 20.1. The molecule has 0 saturated carbocycles. The van der Waals surface area contributed by atoms with Crippen LogP contribution in [0.4, 0.5) is 5.95 Å². The fourth-order valence-corrected chi connectivity index (χ4v) is 0.813. The fourth-order valence-electron chi connectivity index (χ4n) is 0.813. The maximum absolute atomic E-state index is 10.5. The molecule has 1 atom stereocenters. The zero-order valence-electron chi connectivity index (χ0n) is 7.64. The molecular formula is C8H11N3O3. The van der Waals surface area contributed by atoms with Crippen molar-refractivity contribution in [2.45, 2.75) is 13.0 Å². The molecule has 1 unspecified atom stereocenters. The second-order valence-corrected chi connectivity index (χ2v) is 2.80. The van der Waals surface area contributed by atoms with Crippen molar-refractivity contribution in [3.63, 3.8) is 0 Å². The van der Waals surface area contributed by atoms with E-state index in [2.05, 4.69) is 15.3 Å². The van der Waals surface area contributed by atoms with Gasteiger partial charge in [-0.1, -0.05) is 0 Å². The number of aliphatic hydroxyl groups excluding tert-OH is 1. The van der Waals surface area contributed by atoms with Gasteiger partial charge in [0.2, 0.25) is 5.95 Å². The van der Waals surface area contributed by atoms with E-state index in [-0.39, 0.29) is 24.3 Å². The Kier molecular flexibility index (Phi) is 3.35. The molecule has 6 heteroatoms. The van der Waals surface area contributed by atoms with E-state index in [0.29, 0.717) is 0 Å². The third kappa shape index (κ3) is 2.67. The Hall–Kier alpha value is -1.69. The maximum atomic E-state index is 10.5. The minimum Gasteiger partial charge on any atom is -0.477 e. The van der Waals surface area contributed by atoms with Crippen LogP contribution in [0.15, 0.2) is 12.3 Å². The molecule has 1 aromatic rings. The number of hydrogen-bond donors (Lipinski definition) is 3. The summed E-state index contributed by atoms with van der Waals surface area (Å²) in [6.45, 7) is 1.66. The summed E-state index contributed by atoms with van der Waals surface area (Å²) in [5.41, 5.74) is -0.0763. The van der Waals surface area contributed by atoms with Crippen LogP contribution >= 0.6 is 0 Å². The van der Waals surface area contributed by atoms with Gasteiger partial charge in [0, 0.05) is 12.2 Å². The van der Waals surface area contributed by atoms with Gasteiger partial charge in [-0.15, -0.1) is 0 Å². The largest absolute Gasteiger partial charge is 0.477 e. The number of anilines is 1. The number of aromatic carboxylic acids is 1. The van der Waals surface area contributed by atoms with Crippen molar-refractivity contribution in [2.75, 3.05) is 11.9 Å². The third-order valence-electron chi connectivity index (χ3n) is 1.52. The number of aliphatic hydroxyl groups is 1. The second kappa shape index (κ2) is 4.52. The fraction of sp³-hybridized carbons (Fsp3) is 0.375. The Morgan fingerprint density at radius 1 is 1.71 bits per heavy atom. The molecule has 1 rings (SSSR count). The lowest BCUT2D eigenvalue weighted by molar-refractivity contribution is 0.0690. The average Bonchev–Trinajstić information content (AvgIpc) is 2.18. The molecule has 0 aliphatic carbocycles. The van der Waals surface area contributed by atoms with Crippen LogP contribution in [-0.2, 0) is 0 Å². The van der Waals surface area contributed by atoms with Gasteiger partial charge in [-0.3, -0.25) is 0 Å². The zero-order chi connectivity index (χ0) is 10.6. The number of carboxylic acids is 1. The summed E-state index contributed by atoms with van der Waals surface area (Å²) < 4.78 is 0. The lowest BCUT2D eigenvalue weighted by Crippen LogP contribution is -2.21. The van der Waals surface area contributed by atoms with Gasteiger partial charge in [0.1, 0.15) is 0 Å². The molecule has 0 aliphatic rings. The number of carbonyl (C=O) groups is 1. The second-order valence-electron chi connectivity index (χ2n) is 2.80. The molecule has 1 aromatic heterocycles. The predicted molar refractivity (Wildman–Crippen MR) is 49.2 cm³/mol. The number of carboxylic acid groups (broad SMARTS) is 1. The zero-order valence-corrected chi connectivity index (χ0v) is 7.64. The number of hydrogen-bond acceptors (Lipinski definition) is 5. The molecule has 76 valence electrons. The van der Waals surface area contributed by atoms with E-state index in [4.69, 9.17) is 10.2 Å². The first-order valence-corrected chi connectivity index (χ1v) is 4.07. The summed E-state index contributed by atoms with van der Waals surface area (Å²) >= 11 is 0. The van der Waals surface area contributed by atoms with Crippen LogP contribution < -0.4 is 5.32 Å². The van der Waals surface area contributed by atoms with Crippen molar-refractivity contribution in [2.24, 2.45) is 0 Å². The molecule has 0 amide bonds. The summed E-state index contributed by atoms with van der Waals surface area (Å²) in [7, 11) is 0. The molecule has 0 saturated heterocycles. The third-order valence-corrected chi connectivity index (χ3v) is 1.52. The molecule has 0 aromatic carbocycles. The van der Waals surface area contributed by atoms with E-state index >= 15 is 0 Å². The van der Waals surface area contributed by atoms with Crippen molar-refractivity contribution < 1.29 is 15.0 Å². The van der Waals surface area contributed by atoms with Gasteiger partial charge in [0.25, 0.3) is 0 Å². The molecule has 6 nitrogen and oxygen atoms in total. The van der Waals surface area contributed by atoms with Crippen molar-refractivity contribution in [3.8, 4) is 0 Å². The summed E-state index contributed by atoms with van der Waals surface area (Å²) in [6.07, 6.45) is 1.35. The van der Waals surface area contributed by atoms with Gasteiger partial charge in [0.05, 0.1) is 6.61 Å². The van der Waals surface area contributed by atoms with Gasteiger partial charge in [0.15, 0.2) is 5.69 Å². The standard InChI is InChI=1S/C8H11N3O3/c1-5(4-12)10-8-9-3-2-6(11-8)7(13)14/h2-3,5,12H,4H2,1H3,(H,13,14)(H,9,10,11). The molecule has 1 heterocycles. The van der Waals surface area contributed by atoms with E-state index in [1.807, 2.05) is 0 Å². The molecule has 0 radical (unpaired) electrons. The predicted octanol–water partition coefficient (Wildman–Crippen LogP) is -0.0325. The van der Waals surface area contributed by atoms with Crippen molar-refractivity contribution in [1.82, 2.24) is 9.97 Å². The Morgan fingerprint density at radius 3 is 3.00 bits per heavy atom. The molecule has 0 bridgehead atoms. The van der Waals surface area contributed by atoms with E-state index in [1.54, 1.807) is 6.92 Å². The Balaban J connectivity index is 2.78. The first-order valence-electron chi connectivity index (χ1n) is 4.07. The Bertz CT molecular complexity index is 329. The minimum atomic E-state index is -1.10. The highest BCUT2D eigenvalue weighted by Gasteiger charge is 2.07. The first-order chi connectivity index (χ1) is 6.63. The monoisotopic (exact) mass is 197 g/mol. The van der Waals surface area contributed by atoms with E-state index in [9.17, 15) is 4.79 Å². The van der Waals surface area contributed by atoms with Crippen LogP contribution in [0.3, 0.4) is 0 Å². The molecular weight excluding hydrogens is 186 g/mol. The Morgan fingerprint density at radius 2 is 2.43 bits per heavy atom. The van der Waals surface area contributed by atoms with Crippen molar-refractivity contribution in [1.29, 1.82) is 0 Å². The van der Waals surface area contributed by atoms with Crippen LogP contribution in [0.1, 0.15) is 17.4 Å². The number of aromatic nitrogens is 2. The van der Waals surface area contributed by atoms with Crippen LogP contribution in [0.2, 0.25) is 0 Å². The van der Waals surface area contributed by atoms with E-state index in [1.165, 1.54) is 12.3 Å². The maximum Gasteiger partial charge on any atom is 0.354 e. The molecule has 14 heavy (non-hydrogen) atoms. The quantitative estimate of drug-likeness (QED) is 0.627. The highest BCUT2D eigenvalue weighted by Crippen LogP contribution is 2.01. The number of nitrogens with one attached hydrogen (secondary N) is 1. The normalized spacial score (nSPS) is 12.1. The summed E-state index contributed by atoms with van der Waals surface area (Å²) in [4.78, 5) is 18.1. The lowest BCUT2D eigenvalue weighted by Gasteiger charge is -2.09. The molecule has 3 N–H and O–H groups in total. The van der Waals surface area contributed by atoms with E-state index < -0.39 is 5.97 Å². The summed E-state index contributed by atoms with van der Waals surface area (Å²) in [5.74, 6) is -0.904. The Labute approximate surface area is 80.6 Å². The van der Waals surface area contributed by atoms with Crippen LogP contribution in [0.5, 0.6) is 0 Å². The smallest absolute Gasteiger partial charge is 0.354 e. The molecule has 0 aliphatic heterocycles. The highest BCUT2D eigenvalue weighted by atomic mass is 16.4. The highest BCUT2D eigenvalue weighted by molar-refractivity contribution is 5.85. The van der Waals surface area contributed by atoms with Gasteiger partial charge in [-0.25, -0.2) is 14.8 Å². The number of nitrogens with zero attached hydrogens (tertiary/aromatic N) is 2. The SMILES string of the molecule is CC(CO)Nc1nccc(C(=O)O)n1. The van der Waals surface area contributed by atoms with Gasteiger partial charge >= 0.3 is 5.97 Å². The van der Waals surface area contributed by atoms with Gasteiger partial charge in [-0.05, 0) is 13.0 Å². The minimum absolute atomic E-state index is 0.0688. The first kappa shape index (κ1) is 10.4. The number of rotatable bonds is 4. The van der Waals surface area contributed by atoms with Crippen LogP contribution in [-0.4, -0.2) is 38.8 Å². The average molecular weight is 197 g/mol. The topological polar surface area (TPSA) is 95.3 Å². The van der Waals surface area contributed by atoms with Crippen LogP contribution in [0.25, 0.3) is 0 Å². The van der Waals surface area contributed by atoms with Crippen molar-refractivity contribution in [3.05, 3.63) is 18.0 Å². The van der Waals surface area contributed by atoms with E-state index in [0.717, 1.165) is 0 Å².